The number of nitro groups is 1. The average molecular weight is 462 g/mol. The molecule has 0 saturated carbocycles. The van der Waals surface area contributed by atoms with Gasteiger partial charge in [-0.3, -0.25) is 14.9 Å². The third-order valence-electron chi connectivity index (χ3n) is 4.27. The summed E-state index contributed by atoms with van der Waals surface area (Å²) in [5.41, 5.74) is -0.0112. The fourth-order valence-corrected chi connectivity index (χ4v) is 3.83. The molecule has 0 aliphatic rings. The van der Waals surface area contributed by atoms with Gasteiger partial charge in [0.2, 0.25) is 5.91 Å². The first-order chi connectivity index (χ1) is 14.9. The number of para-hydroxylation sites is 3. The molecule has 1 heterocycles. The topological polar surface area (TPSA) is 112 Å². The number of carbonyl (C=O) groups excluding carboxylic acids is 1. The number of nitrogens with zero attached hydrogens (tertiary/aromatic N) is 4. The number of aromatic nitrogens is 3. The summed E-state index contributed by atoms with van der Waals surface area (Å²) in [7, 11) is 0. The lowest BCUT2D eigenvalue weighted by molar-refractivity contribution is -0.383. The van der Waals surface area contributed by atoms with Crippen LogP contribution in [-0.2, 0) is 11.3 Å². The molecule has 0 fully saturated rings. The predicted molar refractivity (Wildman–Crippen MR) is 119 cm³/mol. The van der Waals surface area contributed by atoms with E-state index in [-0.39, 0.29) is 23.0 Å². The molecule has 0 aliphatic heterocycles. The summed E-state index contributed by atoms with van der Waals surface area (Å²) < 4.78 is 7.77. The summed E-state index contributed by atoms with van der Waals surface area (Å²) in [5.74, 6) is 0.778. The van der Waals surface area contributed by atoms with Crippen molar-refractivity contribution in [3.8, 4) is 5.75 Å². The molecule has 0 bridgehead atoms. The van der Waals surface area contributed by atoms with Crippen LogP contribution in [0.2, 0.25) is 5.02 Å². The molecule has 3 aromatic rings. The maximum absolute atomic E-state index is 12.3. The molecule has 9 nitrogen and oxygen atoms in total. The highest BCUT2D eigenvalue weighted by atomic mass is 35.5. The van der Waals surface area contributed by atoms with E-state index in [1.165, 1.54) is 23.9 Å². The van der Waals surface area contributed by atoms with Gasteiger partial charge in [-0.25, -0.2) is 0 Å². The minimum atomic E-state index is -0.539. The van der Waals surface area contributed by atoms with Gasteiger partial charge in [0, 0.05) is 12.6 Å². The van der Waals surface area contributed by atoms with Gasteiger partial charge >= 0.3 is 0 Å². The second-order valence-electron chi connectivity index (χ2n) is 6.39. The molecule has 1 atom stereocenters. The van der Waals surface area contributed by atoms with E-state index in [0.29, 0.717) is 28.3 Å². The van der Waals surface area contributed by atoms with Crippen LogP contribution in [0.3, 0.4) is 0 Å². The molecule has 31 heavy (non-hydrogen) atoms. The maximum atomic E-state index is 12.3. The molecule has 2 aromatic carbocycles. The van der Waals surface area contributed by atoms with Crippen LogP contribution in [0, 0.1) is 10.1 Å². The van der Waals surface area contributed by atoms with Gasteiger partial charge in [0.25, 0.3) is 5.69 Å². The Kier molecular flexibility index (Phi) is 7.48. The Morgan fingerprint density at radius 1 is 1.26 bits per heavy atom. The Labute approximate surface area is 187 Å². The van der Waals surface area contributed by atoms with Crippen LogP contribution in [0.4, 0.5) is 11.4 Å². The minimum Gasteiger partial charge on any atom is -0.481 e. The molecule has 0 radical (unpaired) electrons. The number of carbonyl (C=O) groups is 1. The molecule has 0 spiro atoms. The number of nitrogens with one attached hydrogen (secondary N) is 1. The lowest BCUT2D eigenvalue weighted by atomic mass is 10.2. The SMILES string of the molecule is CCn1c(SCC(=O)Nc2ccccc2[N+](=O)[O-])nnc1[C@@H](C)Oc1ccccc1Cl. The lowest BCUT2D eigenvalue weighted by Gasteiger charge is -2.16. The molecule has 0 saturated heterocycles. The van der Waals surface area contributed by atoms with E-state index >= 15 is 0 Å². The zero-order valence-electron chi connectivity index (χ0n) is 16.8. The fraction of sp³-hybridized carbons (Fsp3) is 0.250. The standard InChI is InChI=1S/C20H20ClN5O4S/c1-3-25-19(13(2)30-17-11-7-4-8-14(17)21)23-24-20(25)31-12-18(27)22-15-9-5-6-10-16(15)26(28)29/h4-11,13H,3,12H2,1-2H3,(H,22,27)/t13-/m1/s1. The van der Waals surface area contributed by atoms with Crippen LogP contribution in [0.5, 0.6) is 5.75 Å². The second kappa shape index (κ2) is 10.3. The third-order valence-corrected chi connectivity index (χ3v) is 5.55. The average Bonchev–Trinajstić information content (AvgIpc) is 3.17. The summed E-state index contributed by atoms with van der Waals surface area (Å²) in [5, 5.41) is 23.1. The maximum Gasteiger partial charge on any atom is 0.292 e. The monoisotopic (exact) mass is 461 g/mol. The van der Waals surface area contributed by atoms with E-state index in [1.54, 1.807) is 24.3 Å². The summed E-state index contributed by atoms with van der Waals surface area (Å²) >= 11 is 7.34. The molecule has 162 valence electrons. The van der Waals surface area contributed by atoms with Crippen LogP contribution in [0.25, 0.3) is 0 Å². The Hall–Kier alpha value is -3.11. The molecule has 1 N–H and O–H groups in total. The molecule has 0 aliphatic carbocycles. The van der Waals surface area contributed by atoms with Gasteiger partial charge in [-0.05, 0) is 32.0 Å². The summed E-state index contributed by atoms with van der Waals surface area (Å²) in [6, 6.07) is 13.1. The molecule has 1 amide bonds. The van der Waals surface area contributed by atoms with Gasteiger partial charge in [0.1, 0.15) is 11.4 Å². The van der Waals surface area contributed by atoms with Gasteiger partial charge in [-0.15, -0.1) is 10.2 Å². The first kappa shape index (κ1) is 22.6. The molecular formula is C20H20ClN5O4S. The predicted octanol–water partition coefficient (Wildman–Crippen LogP) is 4.73. The van der Waals surface area contributed by atoms with E-state index in [2.05, 4.69) is 15.5 Å². The van der Waals surface area contributed by atoms with Gasteiger partial charge in [0.15, 0.2) is 17.1 Å². The minimum absolute atomic E-state index is 0.0178. The van der Waals surface area contributed by atoms with E-state index in [9.17, 15) is 14.9 Å². The van der Waals surface area contributed by atoms with Crippen molar-refractivity contribution in [3.63, 3.8) is 0 Å². The molecule has 0 unspecified atom stereocenters. The Bertz CT molecular complexity index is 1090. The molecule has 3 rings (SSSR count). The normalized spacial score (nSPS) is 11.7. The highest BCUT2D eigenvalue weighted by Gasteiger charge is 2.21. The Morgan fingerprint density at radius 2 is 1.97 bits per heavy atom. The van der Waals surface area contributed by atoms with Gasteiger partial charge in [-0.2, -0.15) is 0 Å². The van der Waals surface area contributed by atoms with Crippen molar-refractivity contribution >= 4 is 40.6 Å². The number of nitro benzene ring substituents is 1. The first-order valence-electron chi connectivity index (χ1n) is 9.41. The largest absolute Gasteiger partial charge is 0.481 e. The fourth-order valence-electron chi connectivity index (χ4n) is 2.84. The van der Waals surface area contributed by atoms with Crippen molar-refractivity contribution < 1.29 is 14.5 Å². The van der Waals surface area contributed by atoms with Gasteiger partial charge < -0.3 is 14.6 Å². The van der Waals surface area contributed by atoms with E-state index in [1.807, 2.05) is 30.5 Å². The third kappa shape index (κ3) is 5.53. The number of hydrogen-bond acceptors (Lipinski definition) is 7. The quantitative estimate of drug-likeness (QED) is 0.278. The van der Waals surface area contributed by atoms with E-state index in [0.717, 1.165) is 0 Å². The molecular weight excluding hydrogens is 442 g/mol. The van der Waals surface area contributed by atoms with Crippen LogP contribution in [-0.4, -0.2) is 31.3 Å². The van der Waals surface area contributed by atoms with Crippen LogP contribution in [0.1, 0.15) is 25.8 Å². The zero-order chi connectivity index (χ0) is 22.4. The smallest absolute Gasteiger partial charge is 0.292 e. The molecule has 1 aromatic heterocycles. The van der Waals surface area contributed by atoms with Crippen LogP contribution < -0.4 is 10.1 Å². The first-order valence-corrected chi connectivity index (χ1v) is 10.8. The van der Waals surface area contributed by atoms with E-state index < -0.39 is 11.0 Å². The number of ether oxygens (including phenoxy) is 1. The van der Waals surface area contributed by atoms with Crippen molar-refractivity contribution in [2.45, 2.75) is 31.7 Å². The van der Waals surface area contributed by atoms with Crippen molar-refractivity contribution in [2.75, 3.05) is 11.1 Å². The van der Waals surface area contributed by atoms with E-state index in [4.69, 9.17) is 16.3 Å². The number of benzene rings is 2. The summed E-state index contributed by atoms with van der Waals surface area (Å²) in [6.07, 6.45) is -0.414. The highest BCUT2D eigenvalue weighted by molar-refractivity contribution is 7.99. The number of thioether (sulfide) groups is 1. The number of anilines is 1. The number of hydrogen-bond donors (Lipinski definition) is 1. The van der Waals surface area contributed by atoms with Gasteiger partial charge in [0.05, 0.1) is 15.7 Å². The summed E-state index contributed by atoms with van der Waals surface area (Å²) in [6.45, 7) is 4.36. The van der Waals surface area contributed by atoms with Crippen molar-refractivity contribution in [3.05, 3.63) is 69.5 Å². The van der Waals surface area contributed by atoms with Crippen LogP contribution >= 0.6 is 23.4 Å². The number of halogens is 1. The number of rotatable bonds is 9. The van der Waals surface area contributed by atoms with Crippen LogP contribution in [0.15, 0.2) is 53.7 Å². The highest BCUT2D eigenvalue weighted by Crippen LogP contribution is 2.29. The number of amides is 1. The van der Waals surface area contributed by atoms with Crippen molar-refractivity contribution in [2.24, 2.45) is 0 Å². The zero-order valence-corrected chi connectivity index (χ0v) is 18.4. The Balaban J connectivity index is 1.66. The van der Waals surface area contributed by atoms with Crippen molar-refractivity contribution in [1.82, 2.24) is 14.8 Å². The Morgan fingerprint density at radius 3 is 2.68 bits per heavy atom. The van der Waals surface area contributed by atoms with Crippen molar-refractivity contribution in [1.29, 1.82) is 0 Å². The summed E-state index contributed by atoms with van der Waals surface area (Å²) in [4.78, 5) is 22.9. The molecule has 11 heteroatoms. The van der Waals surface area contributed by atoms with Gasteiger partial charge in [-0.1, -0.05) is 47.6 Å². The second-order valence-corrected chi connectivity index (χ2v) is 7.74. The lowest BCUT2D eigenvalue weighted by Crippen LogP contribution is -2.16.